The molecule has 5 heterocycles. The fourth-order valence-electron chi connectivity index (χ4n) is 5.83. The molecule has 0 saturated carbocycles. The first-order valence-electron chi connectivity index (χ1n) is 9.63. The van der Waals surface area contributed by atoms with E-state index in [2.05, 4.69) is 83.1 Å². The number of hydrogen-bond acceptors (Lipinski definition) is 0. The van der Waals surface area contributed by atoms with Gasteiger partial charge in [0.05, 0.1) is 0 Å². The molecule has 6 bridgehead atoms. The summed E-state index contributed by atoms with van der Waals surface area (Å²) < 4.78 is 0.751. The van der Waals surface area contributed by atoms with E-state index in [0.717, 1.165) is 28.1 Å². The van der Waals surface area contributed by atoms with Gasteiger partial charge < -0.3 is 0 Å². The molecule has 4 fully saturated rings. The Morgan fingerprint density at radius 1 is 0.720 bits per heavy atom. The molecule has 5 rings (SSSR count). The second-order valence-corrected chi connectivity index (χ2v) is 28.9. The van der Waals surface area contributed by atoms with Crippen molar-refractivity contribution in [2.24, 2.45) is 21.7 Å². The van der Waals surface area contributed by atoms with Crippen molar-refractivity contribution >= 4 is 49.6 Å². The van der Waals surface area contributed by atoms with E-state index < -0.39 is 0 Å². The van der Waals surface area contributed by atoms with Crippen molar-refractivity contribution in [3.05, 3.63) is 0 Å². The normalized spacial score (nSPS) is 48.8. The molecule has 0 radical (unpaired) electrons. The van der Waals surface area contributed by atoms with Crippen molar-refractivity contribution in [1.29, 1.82) is 0 Å². The molecule has 6 unspecified atom stereocenters. The Hall–Kier alpha value is 1.98. The molecule has 6 atom stereocenters. The van der Waals surface area contributed by atoms with Crippen molar-refractivity contribution < 1.29 is 0 Å². The molecule has 0 aromatic carbocycles. The average molecular weight is 479 g/mol. The summed E-state index contributed by atoms with van der Waals surface area (Å²) in [5, 5.41) is 2.03. The van der Waals surface area contributed by atoms with Crippen LogP contribution < -0.4 is 0 Å². The summed E-state index contributed by atoms with van der Waals surface area (Å²) in [6.07, 6.45) is 0. The van der Waals surface area contributed by atoms with Crippen LogP contribution in [-0.2, 0) is 0 Å². The maximum absolute atomic E-state index is 2.63. The summed E-state index contributed by atoms with van der Waals surface area (Å²) in [4.78, 5) is 1.47. The summed E-state index contributed by atoms with van der Waals surface area (Å²) in [7, 11) is 2.01. The molecule has 0 N–H and O–H groups in total. The summed E-state index contributed by atoms with van der Waals surface area (Å²) in [6.45, 7) is 31.5. The van der Waals surface area contributed by atoms with E-state index in [0.29, 0.717) is 21.7 Å². The molecule has 0 aliphatic carbocycles. The van der Waals surface area contributed by atoms with Crippen LogP contribution in [0.2, 0.25) is 0 Å². The van der Waals surface area contributed by atoms with Crippen LogP contribution in [0.1, 0.15) is 83.1 Å². The van der Waals surface area contributed by atoms with Crippen LogP contribution in [0.5, 0.6) is 0 Å². The molecule has 5 heteroatoms. The molecule has 0 amide bonds. The third-order valence-electron chi connectivity index (χ3n) is 6.61. The van der Waals surface area contributed by atoms with Crippen molar-refractivity contribution in [3.63, 3.8) is 0 Å². The Labute approximate surface area is 167 Å². The van der Waals surface area contributed by atoms with E-state index in [-0.39, 0.29) is 22.1 Å². The number of hydrogen-bond donors (Lipinski definition) is 0. The predicted octanol–water partition coefficient (Wildman–Crippen LogP) is 8.33. The maximum atomic E-state index is 2.63. The van der Waals surface area contributed by atoms with Gasteiger partial charge in [-0.15, -0.1) is 0 Å². The van der Waals surface area contributed by atoms with E-state index in [1.807, 2.05) is 12.9 Å². The summed E-state index contributed by atoms with van der Waals surface area (Å²) in [5.41, 5.74) is 1.89. The van der Waals surface area contributed by atoms with Gasteiger partial charge >= 0.3 is 168 Å². The van der Waals surface area contributed by atoms with Gasteiger partial charge in [0, 0.05) is 0 Å². The van der Waals surface area contributed by atoms with Crippen LogP contribution in [0.4, 0.5) is 0 Å². The van der Waals surface area contributed by atoms with E-state index in [1.165, 1.54) is 0 Å². The van der Waals surface area contributed by atoms with Crippen LogP contribution in [-0.4, -0.2) is 33.1 Å². The molecule has 5 aliphatic heterocycles. The first-order valence-corrected chi connectivity index (χ1v) is 18.3. The fourth-order valence-corrected chi connectivity index (χ4v) is 63.7. The van der Waals surface area contributed by atoms with Crippen LogP contribution in [0.25, 0.3) is 0 Å². The second kappa shape index (κ2) is 4.82. The van der Waals surface area contributed by atoms with Gasteiger partial charge in [0.15, 0.2) is 0 Å². The zero-order valence-electron chi connectivity index (χ0n) is 18.2. The van der Waals surface area contributed by atoms with Gasteiger partial charge in [-0.3, -0.25) is 0 Å². The quantitative estimate of drug-likeness (QED) is 0.242. The Morgan fingerprint density at radius 3 is 1.56 bits per heavy atom. The molecular weight excluding hydrogens is 443 g/mol. The van der Waals surface area contributed by atoms with Gasteiger partial charge in [-0.1, -0.05) is 0 Å². The number of rotatable bonds is 0. The monoisotopic (exact) mass is 480 g/mol. The van der Waals surface area contributed by atoms with Crippen molar-refractivity contribution in [2.75, 3.05) is 0 Å². The Kier molecular flexibility index (Phi) is 3.91. The van der Waals surface area contributed by atoms with Gasteiger partial charge in [-0.05, 0) is 0 Å². The molecule has 25 heavy (non-hydrogen) atoms. The summed E-state index contributed by atoms with van der Waals surface area (Å²) in [6, 6.07) is 0. The van der Waals surface area contributed by atoms with Crippen molar-refractivity contribution in [3.8, 4) is 0 Å². The Balaban J connectivity index is 2.05. The van der Waals surface area contributed by atoms with E-state index in [1.54, 1.807) is 0 Å². The average Bonchev–Trinajstić information content (AvgIpc) is 2.67. The molecule has 0 spiro atoms. The standard InChI is InChI=1S/C20H36P4Se/c1-14(2,3)13-21-23-19(16(7,8)9)18(15(4,5)6)22(13)20(23,17(10,11)12)25-24(18)19/h1-12H3. The third kappa shape index (κ3) is 1.80. The van der Waals surface area contributed by atoms with E-state index in [9.17, 15) is 0 Å². The van der Waals surface area contributed by atoms with Crippen LogP contribution in [0.15, 0.2) is 0 Å². The van der Waals surface area contributed by atoms with Crippen LogP contribution >= 0.6 is 30.0 Å². The predicted molar refractivity (Wildman–Crippen MR) is 124 cm³/mol. The molecular formula is C20H36P4Se. The minimum atomic E-state index is 0.0376. The summed E-state index contributed by atoms with van der Waals surface area (Å²) in [5.74, 6) is 0. The van der Waals surface area contributed by atoms with Crippen molar-refractivity contribution in [1.82, 2.24) is 0 Å². The van der Waals surface area contributed by atoms with Gasteiger partial charge in [-0.25, -0.2) is 0 Å². The van der Waals surface area contributed by atoms with Gasteiger partial charge in [0.2, 0.25) is 0 Å². The molecule has 0 nitrogen and oxygen atoms in total. The Bertz CT molecular complexity index is 686. The topological polar surface area (TPSA) is 0 Å². The molecule has 0 aromatic rings. The molecule has 4 saturated heterocycles. The third-order valence-corrected chi connectivity index (χ3v) is 42.5. The Morgan fingerprint density at radius 2 is 1.20 bits per heavy atom. The van der Waals surface area contributed by atoms with Crippen molar-refractivity contribution in [2.45, 2.75) is 96.7 Å². The van der Waals surface area contributed by atoms with Crippen LogP contribution in [0, 0.1) is 21.7 Å². The van der Waals surface area contributed by atoms with Gasteiger partial charge in [0.1, 0.15) is 0 Å². The minimum absolute atomic E-state index is 0.0376. The molecule has 0 aromatic heterocycles. The van der Waals surface area contributed by atoms with Gasteiger partial charge in [-0.2, -0.15) is 0 Å². The molecule has 5 aliphatic rings. The van der Waals surface area contributed by atoms with Crippen LogP contribution in [0.3, 0.4) is 0 Å². The van der Waals surface area contributed by atoms with Gasteiger partial charge in [0.25, 0.3) is 0 Å². The summed E-state index contributed by atoms with van der Waals surface area (Å²) >= 11 is 0.901. The second-order valence-electron chi connectivity index (χ2n) is 12.4. The molecule has 142 valence electrons. The zero-order valence-corrected chi connectivity index (χ0v) is 23.5. The van der Waals surface area contributed by atoms with E-state index >= 15 is 0 Å². The van der Waals surface area contributed by atoms with E-state index in [4.69, 9.17) is 0 Å². The SMILES string of the molecule is CC(C)(C)C1=PP2C3(C(C)(C)C)[Se]P4C2(C(C)(C)C)C4(C(C)(C)C)P13. The first-order chi connectivity index (χ1) is 10.9. The zero-order chi connectivity index (χ0) is 19.2. The first kappa shape index (κ1) is 20.3. The fraction of sp³-hybridized carbons (Fsp3) is 0.950.